The molecule has 0 saturated carbocycles. The van der Waals surface area contributed by atoms with Crippen LogP contribution in [0.25, 0.3) is 21.7 Å². The second kappa shape index (κ2) is 7.80. The largest absolute Gasteiger partial charge is 0.454 e. The zero-order chi connectivity index (χ0) is 20.5. The average Bonchev–Trinajstić information content (AvgIpc) is 3.22. The number of benzene rings is 2. The normalized spacial score (nSPS) is 12.7. The summed E-state index contributed by atoms with van der Waals surface area (Å²) in [4.78, 5) is 17.2. The van der Waals surface area contributed by atoms with Crippen molar-refractivity contribution in [1.82, 2.24) is 4.98 Å². The zero-order valence-corrected chi connectivity index (χ0v) is 16.6. The molecule has 0 fully saturated rings. The molecule has 0 spiro atoms. The van der Waals surface area contributed by atoms with Crippen molar-refractivity contribution in [3.63, 3.8) is 0 Å². The van der Waals surface area contributed by atoms with E-state index in [4.69, 9.17) is 18.6 Å². The van der Waals surface area contributed by atoms with E-state index in [1.165, 1.54) is 0 Å². The molecule has 1 aliphatic heterocycles. The maximum atomic E-state index is 12.5. The molecule has 2 aromatic carbocycles. The van der Waals surface area contributed by atoms with E-state index in [0.29, 0.717) is 24.2 Å². The highest BCUT2D eigenvalue weighted by Gasteiger charge is 2.14. The van der Waals surface area contributed by atoms with E-state index in [1.807, 2.05) is 43.3 Å². The van der Waals surface area contributed by atoms with E-state index < -0.39 is 0 Å². The first-order valence-corrected chi connectivity index (χ1v) is 9.97. The van der Waals surface area contributed by atoms with Gasteiger partial charge < -0.3 is 18.6 Å². The van der Waals surface area contributed by atoms with E-state index in [0.717, 1.165) is 51.9 Å². The van der Waals surface area contributed by atoms with Crippen molar-refractivity contribution in [3.8, 4) is 11.5 Å². The lowest BCUT2D eigenvalue weighted by Crippen LogP contribution is -2.07. The Morgan fingerprint density at radius 2 is 1.93 bits per heavy atom. The molecule has 0 atom stereocenters. The Hall–Kier alpha value is -3.38. The maximum Gasteiger partial charge on any atom is 0.344 e. The molecule has 0 radical (unpaired) electrons. The van der Waals surface area contributed by atoms with Crippen LogP contribution in [0.3, 0.4) is 0 Å². The molecule has 0 N–H and O–H groups in total. The van der Waals surface area contributed by atoms with Crippen LogP contribution in [0.1, 0.15) is 23.2 Å². The quantitative estimate of drug-likeness (QED) is 0.268. The van der Waals surface area contributed by atoms with Gasteiger partial charge in [0.1, 0.15) is 5.58 Å². The molecule has 1 aliphatic rings. The molecular weight excluding hydrogens is 382 g/mol. The fourth-order valence-electron chi connectivity index (χ4n) is 3.86. The van der Waals surface area contributed by atoms with Gasteiger partial charge in [-0.05, 0) is 49.1 Å². The first-order chi connectivity index (χ1) is 14.7. The van der Waals surface area contributed by atoms with Crippen LogP contribution < -0.4 is 15.1 Å². The number of ether oxygens (including phenoxy) is 3. The second-order valence-electron chi connectivity index (χ2n) is 7.35. The van der Waals surface area contributed by atoms with Gasteiger partial charge in [-0.2, -0.15) is 0 Å². The SMILES string of the molecule is Cc1c(CCCOCc2ccc3c(c2)OCO3)ncc2c1c(=O)oc1ccccc12. The molecule has 4 aromatic rings. The third-order valence-electron chi connectivity index (χ3n) is 5.42. The lowest BCUT2D eigenvalue weighted by atomic mass is 10.0. The first kappa shape index (κ1) is 18.6. The zero-order valence-electron chi connectivity index (χ0n) is 16.6. The molecule has 0 aliphatic carbocycles. The minimum atomic E-state index is -0.316. The Morgan fingerprint density at radius 3 is 2.87 bits per heavy atom. The van der Waals surface area contributed by atoms with Gasteiger partial charge in [0.05, 0.1) is 12.0 Å². The van der Waals surface area contributed by atoms with Gasteiger partial charge in [-0.25, -0.2) is 4.79 Å². The highest BCUT2D eigenvalue weighted by atomic mass is 16.7. The van der Waals surface area contributed by atoms with E-state index in [9.17, 15) is 4.79 Å². The molecule has 0 unspecified atom stereocenters. The van der Waals surface area contributed by atoms with E-state index in [2.05, 4.69) is 4.98 Å². The summed E-state index contributed by atoms with van der Waals surface area (Å²) in [5, 5.41) is 2.35. The fraction of sp³-hybridized carbons (Fsp3) is 0.250. The smallest absolute Gasteiger partial charge is 0.344 e. The van der Waals surface area contributed by atoms with Gasteiger partial charge in [-0.3, -0.25) is 4.98 Å². The Bertz CT molecular complexity index is 1290. The number of aromatic nitrogens is 1. The number of rotatable bonds is 6. The molecule has 6 nitrogen and oxygen atoms in total. The highest BCUT2D eigenvalue weighted by molar-refractivity contribution is 6.04. The van der Waals surface area contributed by atoms with Gasteiger partial charge >= 0.3 is 5.63 Å². The third kappa shape index (κ3) is 3.39. The van der Waals surface area contributed by atoms with Crippen molar-refractivity contribution in [1.29, 1.82) is 0 Å². The van der Waals surface area contributed by atoms with Crippen molar-refractivity contribution in [2.24, 2.45) is 0 Å². The number of aryl methyl sites for hydroxylation is 2. The van der Waals surface area contributed by atoms with E-state index in [1.54, 1.807) is 12.3 Å². The first-order valence-electron chi connectivity index (χ1n) is 9.97. The van der Waals surface area contributed by atoms with Gasteiger partial charge in [-0.1, -0.05) is 24.3 Å². The molecule has 0 saturated heterocycles. The Balaban J connectivity index is 1.26. The second-order valence-corrected chi connectivity index (χ2v) is 7.35. The van der Waals surface area contributed by atoms with Crippen molar-refractivity contribution >= 4 is 21.7 Å². The summed E-state index contributed by atoms with van der Waals surface area (Å²) in [5.41, 5.74) is 3.09. The average molecular weight is 403 g/mol. The third-order valence-corrected chi connectivity index (χ3v) is 5.42. The minimum absolute atomic E-state index is 0.270. The Kier molecular flexibility index (Phi) is 4.85. The van der Waals surface area contributed by atoms with Crippen LogP contribution in [0.4, 0.5) is 0 Å². The molecular formula is C24H21NO5. The van der Waals surface area contributed by atoms with Crippen molar-refractivity contribution in [2.75, 3.05) is 13.4 Å². The minimum Gasteiger partial charge on any atom is -0.454 e. The molecule has 0 bridgehead atoms. The fourth-order valence-corrected chi connectivity index (χ4v) is 3.86. The molecule has 5 rings (SSSR count). The molecule has 3 heterocycles. The van der Waals surface area contributed by atoms with Gasteiger partial charge in [0, 0.05) is 29.3 Å². The molecule has 0 amide bonds. The van der Waals surface area contributed by atoms with Crippen LogP contribution in [0.2, 0.25) is 0 Å². The summed E-state index contributed by atoms with van der Waals surface area (Å²) in [6, 6.07) is 13.4. The van der Waals surface area contributed by atoms with Gasteiger partial charge in [0.2, 0.25) is 6.79 Å². The highest BCUT2D eigenvalue weighted by Crippen LogP contribution is 2.32. The summed E-state index contributed by atoms with van der Waals surface area (Å²) in [5.74, 6) is 1.53. The number of fused-ring (bicyclic) bond motifs is 4. The topological polar surface area (TPSA) is 70.8 Å². The number of nitrogens with zero attached hydrogens (tertiary/aromatic N) is 1. The van der Waals surface area contributed by atoms with Crippen LogP contribution >= 0.6 is 0 Å². The van der Waals surface area contributed by atoms with Gasteiger partial charge in [0.25, 0.3) is 0 Å². The maximum absolute atomic E-state index is 12.5. The monoisotopic (exact) mass is 403 g/mol. The van der Waals surface area contributed by atoms with Crippen molar-refractivity contribution in [3.05, 3.63) is 75.9 Å². The molecule has 30 heavy (non-hydrogen) atoms. The van der Waals surface area contributed by atoms with Crippen LogP contribution in [0.15, 0.2) is 57.9 Å². The number of pyridine rings is 1. The number of para-hydroxylation sites is 1. The Morgan fingerprint density at radius 1 is 1.07 bits per heavy atom. The lowest BCUT2D eigenvalue weighted by molar-refractivity contribution is 0.118. The van der Waals surface area contributed by atoms with Crippen LogP contribution in [-0.2, 0) is 17.8 Å². The predicted molar refractivity (Wildman–Crippen MR) is 113 cm³/mol. The van der Waals surface area contributed by atoms with Crippen LogP contribution in [-0.4, -0.2) is 18.4 Å². The van der Waals surface area contributed by atoms with Crippen LogP contribution in [0.5, 0.6) is 11.5 Å². The van der Waals surface area contributed by atoms with Gasteiger partial charge in [0.15, 0.2) is 11.5 Å². The molecule has 2 aromatic heterocycles. The number of hydrogen-bond donors (Lipinski definition) is 0. The predicted octanol–water partition coefficient (Wildman–Crippen LogP) is 4.53. The summed E-state index contributed by atoms with van der Waals surface area (Å²) < 4.78 is 22.0. The molecule has 152 valence electrons. The van der Waals surface area contributed by atoms with E-state index >= 15 is 0 Å². The van der Waals surface area contributed by atoms with E-state index in [-0.39, 0.29) is 12.4 Å². The van der Waals surface area contributed by atoms with Crippen LogP contribution in [0, 0.1) is 6.92 Å². The van der Waals surface area contributed by atoms with Gasteiger partial charge in [-0.15, -0.1) is 0 Å². The Labute approximate surface area is 173 Å². The lowest BCUT2D eigenvalue weighted by Gasteiger charge is -2.10. The van der Waals surface area contributed by atoms with Crippen molar-refractivity contribution < 1.29 is 18.6 Å². The summed E-state index contributed by atoms with van der Waals surface area (Å²) in [6.45, 7) is 3.31. The van der Waals surface area contributed by atoms with Crippen molar-refractivity contribution in [2.45, 2.75) is 26.4 Å². The summed E-state index contributed by atoms with van der Waals surface area (Å²) in [6.07, 6.45) is 3.32. The molecule has 6 heteroatoms. The summed E-state index contributed by atoms with van der Waals surface area (Å²) >= 11 is 0. The standard InChI is InChI=1S/C24H21NO5/c1-15-19(6-4-10-27-13-16-8-9-21-22(11-16)29-14-28-21)25-12-18-17-5-2-3-7-20(17)30-24(26)23(15)18/h2-3,5,7-9,11-12H,4,6,10,13-14H2,1H3. The number of hydrogen-bond acceptors (Lipinski definition) is 6. The summed E-state index contributed by atoms with van der Waals surface area (Å²) in [7, 11) is 0.